The molecule has 3 aromatic rings. The number of fused-ring (bicyclic) bond motifs is 1. The third-order valence-corrected chi connectivity index (χ3v) is 3.79. The van der Waals surface area contributed by atoms with Crippen molar-refractivity contribution in [2.45, 2.75) is 5.88 Å². The fourth-order valence-corrected chi connectivity index (χ4v) is 2.58. The molecule has 0 fully saturated rings. The van der Waals surface area contributed by atoms with Crippen molar-refractivity contribution in [1.82, 2.24) is 4.98 Å². The molecule has 1 heterocycles. The molecule has 0 amide bonds. The molecule has 0 saturated carbocycles. The van der Waals surface area contributed by atoms with E-state index in [1.54, 1.807) is 12.4 Å². The number of nitrogens with zero attached hydrogens (tertiary/aromatic N) is 1. The van der Waals surface area contributed by atoms with Gasteiger partial charge >= 0.3 is 0 Å². The van der Waals surface area contributed by atoms with Crippen LogP contribution in [0.5, 0.6) is 11.5 Å². The second kappa shape index (κ2) is 5.81. The lowest BCUT2D eigenvalue weighted by molar-refractivity contribution is 0.478. The van der Waals surface area contributed by atoms with Gasteiger partial charge in [-0.1, -0.05) is 28.1 Å². The summed E-state index contributed by atoms with van der Waals surface area (Å²) in [6, 6.07) is 14.0. The van der Waals surface area contributed by atoms with Gasteiger partial charge in [0.15, 0.2) is 0 Å². The fourth-order valence-electron chi connectivity index (χ4n) is 2.00. The molecule has 0 N–H and O–H groups in total. The SMILES string of the molecule is ClCc1cnccc1Oc1ccc2cc(Br)ccc2c1. The third-order valence-electron chi connectivity index (χ3n) is 3.00. The van der Waals surface area contributed by atoms with Crippen molar-refractivity contribution in [2.75, 3.05) is 0 Å². The number of ether oxygens (including phenoxy) is 1. The quantitative estimate of drug-likeness (QED) is 0.581. The number of hydrogen-bond acceptors (Lipinski definition) is 2. The van der Waals surface area contributed by atoms with Gasteiger partial charge in [-0.3, -0.25) is 4.98 Å². The van der Waals surface area contributed by atoms with E-state index in [-0.39, 0.29) is 0 Å². The van der Waals surface area contributed by atoms with E-state index < -0.39 is 0 Å². The molecule has 0 radical (unpaired) electrons. The molecule has 0 spiro atoms. The molecule has 0 bridgehead atoms. The summed E-state index contributed by atoms with van der Waals surface area (Å²) in [6.45, 7) is 0. The first-order valence-electron chi connectivity index (χ1n) is 6.12. The molecule has 100 valence electrons. The van der Waals surface area contributed by atoms with Crippen molar-refractivity contribution in [2.24, 2.45) is 0 Å². The molecule has 0 aliphatic rings. The fraction of sp³-hybridized carbons (Fsp3) is 0.0625. The second-order valence-corrected chi connectivity index (χ2v) is 5.56. The Labute approximate surface area is 130 Å². The highest BCUT2D eigenvalue weighted by Crippen LogP contribution is 2.29. The predicted octanol–water partition coefficient (Wildman–Crippen LogP) is 5.53. The maximum Gasteiger partial charge on any atom is 0.134 e. The third kappa shape index (κ3) is 2.79. The summed E-state index contributed by atoms with van der Waals surface area (Å²) in [5.74, 6) is 1.91. The van der Waals surface area contributed by atoms with Gasteiger partial charge in [-0.2, -0.15) is 0 Å². The monoisotopic (exact) mass is 347 g/mol. The van der Waals surface area contributed by atoms with Crippen LogP contribution in [0.15, 0.2) is 59.3 Å². The Kier molecular flexibility index (Phi) is 3.90. The number of rotatable bonds is 3. The number of pyridine rings is 1. The standard InChI is InChI=1S/C16H11BrClNO/c17-14-3-1-12-8-15(4-2-11(12)7-14)20-16-5-6-19-10-13(16)9-18/h1-8,10H,9H2. The van der Waals surface area contributed by atoms with E-state index in [2.05, 4.69) is 33.0 Å². The van der Waals surface area contributed by atoms with E-state index in [9.17, 15) is 0 Å². The van der Waals surface area contributed by atoms with Crippen molar-refractivity contribution >= 4 is 38.3 Å². The summed E-state index contributed by atoms with van der Waals surface area (Å²) in [7, 11) is 0. The topological polar surface area (TPSA) is 22.1 Å². The summed E-state index contributed by atoms with van der Waals surface area (Å²) in [5.41, 5.74) is 0.880. The molecule has 0 atom stereocenters. The minimum absolute atomic E-state index is 0.379. The van der Waals surface area contributed by atoms with Crippen LogP contribution in [0.1, 0.15) is 5.56 Å². The number of aromatic nitrogens is 1. The van der Waals surface area contributed by atoms with Gasteiger partial charge in [0.05, 0.1) is 5.88 Å². The van der Waals surface area contributed by atoms with Gasteiger partial charge in [-0.25, -0.2) is 0 Å². The van der Waals surface area contributed by atoms with Gasteiger partial charge in [0.2, 0.25) is 0 Å². The van der Waals surface area contributed by atoms with E-state index in [1.165, 1.54) is 5.39 Å². The molecule has 3 rings (SSSR count). The van der Waals surface area contributed by atoms with E-state index in [0.717, 1.165) is 26.9 Å². The molecular weight excluding hydrogens is 338 g/mol. The van der Waals surface area contributed by atoms with Crippen molar-refractivity contribution < 1.29 is 4.74 Å². The maximum atomic E-state index is 5.90. The molecule has 2 aromatic carbocycles. The zero-order chi connectivity index (χ0) is 13.9. The van der Waals surface area contributed by atoms with Gasteiger partial charge in [-0.05, 0) is 41.1 Å². The van der Waals surface area contributed by atoms with E-state index in [4.69, 9.17) is 16.3 Å². The zero-order valence-corrected chi connectivity index (χ0v) is 12.9. The van der Waals surface area contributed by atoms with E-state index >= 15 is 0 Å². The summed E-state index contributed by atoms with van der Waals surface area (Å²) in [6.07, 6.45) is 3.42. The van der Waals surface area contributed by atoms with Crippen LogP contribution in [0.2, 0.25) is 0 Å². The summed E-state index contributed by atoms with van der Waals surface area (Å²) < 4.78 is 6.97. The van der Waals surface area contributed by atoms with Crippen molar-refractivity contribution in [3.05, 3.63) is 64.9 Å². The van der Waals surface area contributed by atoms with Crippen LogP contribution in [0.25, 0.3) is 10.8 Å². The molecule has 0 aliphatic heterocycles. The van der Waals surface area contributed by atoms with Crippen molar-refractivity contribution in [3.63, 3.8) is 0 Å². The first-order valence-corrected chi connectivity index (χ1v) is 7.45. The summed E-state index contributed by atoms with van der Waals surface area (Å²) in [5, 5.41) is 2.30. The minimum Gasteiger partial charge on any atom is -0.457 e. The normalized spacial score (nSPS) is 10.7. The highest BCUT2D eigenvalue weighted by atomic mass is 79.9. The molecular formula is C16H11BrClNO. The lowest BCUT2D eigenvalue weighted by atomic mass is 10.1. The summed E-state index contributed by atoms with van der Waals surface area (Å²) >= 11 is 9.36. The molecule has 4 heteroatoms. The molecule has 0 unspecified atom stereocenters. The van der Waals surface area contributed by atoms with Crippen LogP contribution in [0.4, 0.5) is 0 Å². The number of halogens is 2. The van der Waals surface area contributed by atoms with Crippen LogP contribution in [-0.4, -0.2) is 4.98 Å². The lowest BCUT2D eigenvalue weighted by Gasteiger charge is -2.09. The first-order chi connectivity index (χ1) is 9.76. The largest absolute Gasteiger partial charge is 0.457 e. The van der Waals surface area contributed by atoms with Crippen LogP contribution in [-0.2, 0) is 5.88 Å². The second-order valence-electron chi connectivity index (χ2n) is 4.37. The van der Waals surface area contributed by atoms with Gasteiger partial charge in [0, 0.05) is 22.4 Å². The maximum absolute atomic E-state index is 5.90. The Hall–Kier alpha value is -1.58. The van der Waals surface area contributed by atoms with Crippen molar-refractivity contribution in [3.8, 4) is 11.5 Å². The Balaban J connectivity index is 1.96. The first kappa shape index (κ1) is 13.4. The van der Waals surface area contributed by atoms with Crippen LogP contribution >= 0.6 is 27.5 Å². The Bertz CT molecular complexity index is 760. The number of alkyl halides is 1. The summed E-state index contributed by atoms with van der Waals surface area (Å²) in [4.78, 5) is 4.05. The molecule has 2 nitrogen and oxygen atoms in total. The highest BCUT2D eigenvalue weighted by Gasteiger charge is 2.05. The van der Waals surface area contributed by atoms with Gasteiger partial charge in [-0.15, -0.1) is 11.6 Å². The van der Waals surface area contributed by atoms with E-state index in [0.29, 0.717) is 5.88 Å². The van der Waals surface area contributed by atoms with Gasteiger partial charge in [0.1, 0.15) is 11.5 Å². The van der Waals surface area contributed by atoms with Crippen LogP contribution < -0.4 is 4.74 Å². The average Bonchev–Trinajstić information content (AvgIpc) is 2.48. The predicted molar refractivity (Wildman–Crippen MR) is 85.5 cm³/mol. The van der Waals surface area contributed by atoms with Crippen molar-refractivity contribution in [1.29, 1.82) is 0 Å². The van der Waals surface area contributed by atoms with Gasteiger partial charge in [0.25, 0.3) is 0 Å². The van der Waals surface area contributed by atoms with Crippen LogP contribution in [0, 0.1) is 0 Å². The van der Waals surface area contributed by atoms with Gasteiger partial charge < -0.3 is 4.74 Å². The van der Waals surface area contributed by atoms with E-state index in [1.807, 2.05) is 30.3 Å². The Morgan fingerprint density at radius 3 is 2.70 bits per heavy atom. The smallest absolute Gasteiger partial charge is 0.134 e. The minimum atomic E-state index is 0.379. The highest BCUT2D eigenvalue weighted by molar-refractivity contribution is 9.10. The molecule has 0 saturated heterocycles. The molecule has 1 aromatic heterocycles. The lowest BCUT2D eigenvalue weighted by Crippen LogP contribution is -1.90. The molecule has 20 heavy (non-hydrogen) atoms. The molecule has 0 aliphatic carbocycles. The Morgan fingerprint density at radius 2 is 1.85 bits per heavy atom. The number of benzene rings is 2. The number of hydrogen-bond donors (Lipinski definition) is 0. The average molecular weight is 349 g/mol. The van der Waals surface area contributed by atoms with Crippen LogP contribution in [0.3, 0.4) is 0 Å². The Morgan fingerprint density at radius 1 is 1.05 bits per heavy atom. The zero-order valence-electron chi connectivity index (χ0n) is 10.5.